The molecule has 0 saturated carbocycles. The van der Waals surface area contributed by atoms with Crippen molar-refractivity contribution in [3.8, 4) is 0 Å². The number of benzene rings is 1. The summed E-state index contributed by atoms with van der Waals surface area (Å²) in [7, 11) is 3.96. The minimum atomic E-state index is -0.427. The van der Waals surface area contributed by atoms with Gasteiger partial charge in [0.2, 0.25) is 11.8 Å². The Kier molecular flexibility index (Phi) is 7.53. The van der Waals surface area contributed by atoms with Crippen molar-refractivity contribution in [1.82, 2.24) is 15.1 Å². The average molecular weight is 378 g/mol. The number of amides is 2. The summed E-state index contributed by atoms with van der Waals surface area (Å²) in [5.41, 5.74) is 2.28. The number of carbonyl (C=O) groups excluding carboxylic acids is 2. The summed E-state index contributed by atoms with van der Waals surface area (Å²) in [5.74, 6) is 0.764. The minimum Gasteiger partial charge on any atom is -0.353 e. The van der Waals surface area contributed by atoms with Crippen molar-refractivity contribution in [2.24, 2.45) is 5.92 Å². The van der Waals surface area contributed by atoms with Gasteiger partial charge >= 0.3 is 0 Å². The van der Waals surface area contributed by atoms with E-state index < -0.39 is 6.04 Å². The molecule has 2 rings (SSSR count). The van der Waals surface area contributed by atoms with Crippen LogP contribution in [0.5, 0.6) is 0 Å². The molecule has 1 heterocycles. The van der Waals surface area contributed by atoms with Crippen molar-refractivity contribution in [2.45, 2.75) is 38.6 Å². The third-order valence-electron chi connectivity index (χ3n) is 4.55. The fourth-order valence-corrected chi connectivity index (χ4v) is 4.51. The average Bonchev–Trinajstić information content (AvgIpc) is 2.93. The topological polar surface area (TPSA) is 52.7 Å². The Morgan fingerprint density at radius 1 is 1.35 bits per heavy atom. The summed E-state index contributed by atoms with van der Waals surface area (Å²) in [4.78, 5) is 29.5. The van der Waals surface area contributed by atoms with Gasteiger partial charge in [-0.05, 0) is 44.5 Å². The Labute approximate surface area is 161 Å². The van der Waals surface area contributed by atoms with Gasteiger partial charge in [0.1, 0.15) is 11.4 Å². The van der Waals surface area contributed by atoms with Crippen molar-refractivity contribution >= 4 is 23.6 Å². The van der Waals surface area contributed by atoms with Gasteiger partial charge in [-0.1, -0.05) is 38.1 Å². The molecule has 0 aliphatic carbocycles. The van der Waals surface area contributed by atoms with Gasteiger partial charge in [-0.2, -0.15) is 0 Å². The molecule has 1 saturated heterocycles. The molecule has 1 aliphatic rings. The molecule has 0 radical (unpaired) electrons. The molecule has 144 valence electrons. The number of nitrogens with zero attached hydrogens (tertiary/aromatic N) is 2. The predicted molar refractivity (Wildman–Crippen MR) is 108 cm³/mol. The molecule has 0 bridgehead atoms. The van der Waals surface area contributed by atoms with Gasteiger partial charge < -0.3 is 15.1 Å². The molecule has 1 aliphatic heterocycles. The normalized spacial score (nSPS) is 18.7. The highest BCUT2D eigenvalue weighted by Crippen LogP contribution is 2.42. The first-order valence-electron chi connectivity index (χ1n) is 9.22. The summed E-state index contributed by atoms with van der Waals surface area (Å²) in [5, 5.41) is 2.93. The number of carbonyl (C=O) groups is 2. The molecule has 5 nitrogen and oxygen atoms in total. The van der Waals surface area contributed by atoms with Crippen LogP contribution in [0, 0.1) is 12.8 Å². The summed E-state index contributed by atoms with van der Waals surface area (Å²) >= 11 is 1.62. The van der Waals surface area contributed by atoms with Gasteiger partial charge in [-0.3, -0.25) is 9.59 Å². The molecule has 2 atom stereocenters. The van der Waals surface area contributed by atoms with Gasteiger partial charge in [-0.25, -0.2) is 0 Å². The van der Waals surface area contributed by atoms with E-state index in [2.05, 4.69) is 38.2 Å². The van der Waals surface area contributed by atoms with Gasteiger partial charge in [0.05, 0.1) is 5.75 Å². The van der Waals surface area contributed by atoms with E-state index in [1.807, 2.05) is 36.0 Å². The molecule has 1 aromatic carbocycles. The number of aryl methyl sites for hydroxylation is 1. The lowest BCUT2D eigenvalue weighted by Gasteiger charge is -2.33. The van der Waals surface area contributed by atoms with E-state index in [9.17, 15) is 9.59 Å². The van der Waals surface area contributed by atoms with Gasteiger partial charge in [-0.15, -0.1) is 11.8 Å². The molecule has 1 aromatic rings. The van der Waals surface area contributed by atoms with E-state index in [1.165, 1.54) is 0 Å². The third-order valence-corrected chi connectivity index (χ3v) is 5.76. The second-order valence-corrected chi connectivity index (χ2v) is 8.63. The predicted octanol–water partition coefficient (Wildman–Crippen LogP) is 2.66. The van der Waals surface area contributed by atoms with Crippen molar-refractivity contribution in [3.63, 3.8) is 0 Å². The lowest BCUT2D eigenvalue weighted by Crippen LogP contribution is -2.50. The minimum absolute atomic E-state index is 0.0463. The lowest BCUT2D eigenvalue weighted by atomic mass is 9.99. The molecule has 1 fully saturated rings. The Morgan fingerprint density at radius 2 is 2.04 bits per heavy atom. The van der Waals surface area contributed by atoms with E-state index in [0.717, 1.165) is 17.7 Å². The fraction of sp³-hybridized carbons (Fsp3) is 0.600. The molecule has 26 heavy (non-hydrogen) atoms. The van der Waals surface area contributed by atoms with E-state index >= 15 is 0 Å². The van der Waals surface area contributed by atoms with Crippen molar-refractivity contribution in [3.05, 3.63) is 35.4 Å². The summed E-state index contributed by atoms with van der Waals surface area (Å²) in [6.45, 7) is 7.62. The highest BCUT2D eigenvalue weighted by molar-refractivity contribution is 8.00. The molecular weight excluding hydrogens is 346 g/mol. The molecule has 0 unspecified atom stereocenters. The molecule has 6 heteroatoms. The van der Waals surface area contributed by atoms with Crippen LogP contribution in [0.2, 0.25) is 0 Å². The smallest absolute Gasteiger partial charge is 0.242 e. The number of hydrogen-bond acceptors (Lipinski definition) is 4. The van der Waals surface area contributed by atoms with Crippen LogP contribution in [0.15, 0.2) is 24.3 Å². The lowest BCUT2D eigenvalue weighted by molar-refractivity contribution is -0.139. The maximum atomic E-state index is 12.9. The van der Waals surface area contributed by atoms with Crippen LogP contribution in [0.25, 0.3) is 0 Å². The first-order chi connectivity index (χ1) is 12.3. The maximum Gasteiger partial charge on any atom is 0.242 e. The first kappa shape index (κ1) is 20.8. The van der Waals surface area contributed by atoms with Crippen molar-refractivity contribution in [2.75, 3.05) is 32.9 Å². The zero-order valence-electron chi connectivity index (χ0n) is 16.5. The van der Waals surface area contributed by atoms with Crippen molar-refractivity contribution < 1.29 is 9.59 Å². The molecule has 1 N–H and O–H groups in total. The van der Waals surface area contributed by atoms with Crippen LogP contribution in [0.4, 0.5) is 0 Å². The Balaban J connectivity index is 2.24. The maximum absolute atomic E-state index is 12.9. The summed E-state index contributed by atoms with van der Waals surface area (Å²) in [6, 6.07) is 7.70. The van der Waals surface area contributed by atoms with Crippen LogP contribution in [-0.2, 0) is 9.59 Å². The number of hydrogen-bond donors (Lipinski definition) is 1. The van der Waals surface area contributed by atoms with Gasteiger partial charge in [0, 0.05) is 13.1 Å². The zero-order valence-corrected chi connectivity index (χ0v) is 17.3. The first-order valence-corrected chi connectivity index (χ1v) is 10.3. The number of likely N-dealkylation sites (N-methyl/N-ethyl adjacent to an activating group) is 1. The third kappa shape index (κ3) is 5.24. The highest BCUT2D eigenvalue weighted by atomic mass is 32.2. The van der Waals surface area contributed by atoms with Gasteiger partial charge in [0.15, 0.2) is 0 Å². The van der Waals surface area contributed by atoms with Gasteiger partial charge in [0.25, 0.3) is 0 Å². The Morgan fingerprint density at radius 3 is 2.65 bits per heavy atom. The molecular formula is C20H31N3O2S. The highest BCUT2D eigenvalue weighted by Gasteiger charge is 2.41. The second-order valence-electron chi connectivity index (χ2n) is 7.56. The molecule has 0 aromatic heterocycles. The van der Waals surface area contributed by atoms with Crippen LogP contribution < -0.4 is 5.32 Å². The van der Waals surface area contributed by atoms with Crippen LogP contribution in [-0.4, -0.2) is 60.6 Å². The van der Waals surface area contributed by atoms with E-state index in [-0.39, 0.29) is 17.2 Å². The van der Waals surface area contributed by atoms with E-state index in [0.29, 0.717) is 24.6 Å². The van der Waals surface area contributed by atoms with Crippen LogP contribution >= 0.6 is 11.8 Å². The summed E-state index contributed by atoms with van der Waals surface area (Å²) in [6.07, 6.45) is 0.669. The van der Waals surface area contributed by atoms with E-state index in [4.69, 9.17) is 0 Å². The number of nitrogens with one attached hydrogen (secondary N) is 1. The SMILES string of the molecule is Cc1ccccc1[C@H]1SCC(=O)N1[C@H](CC(C)C)C(=O)NCCN(C)C. The van der Waals surface area contributed by atoms with Crippen LogP contribution in [0.1, 0.15) is 36.8 Å². The standard InChI is InChI=1S/C20H31N3O2S/c1-14(2)12-17(19(25)21-10-11-22(4)5)23-18(24)13-26-20(23)16-9-7-6-8-15(16)3/h6-9,14,17,20H,10-13H2,1-5H3,(H,21,25)/t17-,20-/m1/s1. The quantitative estimate of drug-likeness (QED) is 0.757. The summed E-state index contributed by atoms with van der Waals surface area (Å²) < 4.78 is 0. The van der Waals surface area contributed by atoms with E-state index in [1.54, 1.807) is 11.8 Å². The Bertz CT molecular complexity index is 633. The number of thioether (sulfide) groups is 1. The second kappa shape index (κ2) is 9.42. The van der Waals surface area contributed by atoms with Crippen molar-refractivity contribution in [1.29, 1.82) is 0 Å². The Hall–Kier alpha value is -1.53. The number of rotatable bonds is 8. The fourth-order valence-electron chi connectivity index (χ4n) is 3.19. The molecule has 0 spiro atoms. The molecule has 2 amide bonds. The van der Waals surface area contributed by atoms with Crippen LogP contribution in [0.3, 0.4) is 0 Å². The monoisotopic (exact) mass is 377 g/mol. The largest absolute Gasteiger partial charge is 0.353 e. The zero-order chi connectivity index (χ0) is 19.3.